The standard InChI is InChI=1S/C10H17NO2/c1-12-9-4-3-5-10(8-9,13-2)6-7-11/h3-5H,6-8,11H2,1-2H3. The average Bonchev–Trinajstić information content (AvgIpc) is 2.19. The van der Waals surface area contributed by atoms with Crippen LogP contribution in [-0.2, 0) is 9.47 Å². The van der Waals surface area contributed by atoms with E-state index >= 15 is 0 Å². The molecular formula is C10H17NO2. The van der Waals surface area contributed by atoms with E-state index in [1.165, 1.54) is 0 Å². The molecular weight excluding hydrogens is 166 g/mol. The molecule has 13 heavy (non-hydrogen) atoms. The molecule has 74 valence electrons. The summed E-state index contributed by atoms with van der Waals surface area (Å²) in [6.07, 6.45) is 7.55. The van der Waals surface area contributed by atoms with Crippen molar-refractivity contribution in [3.63, 3.8) is 0 Å². The predicted molar refractivity (Wildman–Crippen MR) is 52.3 cm³/mol. The first-order chi connectivity index (χ1) is 6.26. The van der Waals surface area contributed by atoms with Crippen LogP contribution in [0.2, 0.25) is 0 Å². The molecule has 1 unspecified atom stereocenters. The maximum absolute atomic E-state index is 5.53. The molecule has 3 nitrogen and oxygen atoms in total. The third kappa shape index (κ3) is 2.32. The molecule has 0 radical (unpaired) electrons. The Morgan fingerprint density at radius 1 is 1.54 bits per heavy atom. The van der Waals surface area contributed by atoms with E-state index in [2.05, 4.69) is 0 Å². The number of hydrogen-bond acceptors (Lipinski definition) is 3. The first-order valence-corrected chi connectivity index (χ1v) is 4.44. The van der Waals surface area contributed by atoms with Gasteiger partial charge in [-0.25, -0.2) is 0 Å². The van der Waals surface area contributed by atoms with Crippen LogP contribution in [0.5, 0.6) is 0 Å². The summed E-state index contributed by atoms with van der Waals surface area (Å²) in [6, 6.07) is 0. The van der Waals surface area contributed by atoms with E-state index in [1.54, 1.807) is 14.2 Å². The second-order valence-corrected chi connectivity index (χ2v) is 3.18. The predicted octanol–water partition coefficient (Wildman–Crippen LogP) is 1.21. The minimum absolute atomic E-state index is 0.255. The number of hydrogen-bond donors (Lipinski definition) is 1. The third-order valence-electron chi connectivity index (χ3n) is 2.39. The van der Waals surface area contributed by atoms with Gasteiger partial charge in [-0.15, -0.1) is 0 Å². The van der Waals surface area contributed by atoms with Gasteiger partial charge in [0.2, 0.25) is 0 Å². The lowest BCUT2D eigenvalue weighted by atomic mass is 9.90. The summed E-state index contributed by atoms with van der Waals surface area (Å²) in [7, 11) is 3.38. The molecule has 0 aliphatic heterocycles. The van der Waals surface area contributed by atoms with Crippen molar-refractivity contribution in [2.24, 2.45) is 5.73 Å². The molecule has 0 heterocycles. The zero-order valence-electron chi connectivity index (χ0n) is 8.25. The summed E-state index contributed by atoms with van der Waals surface area (Å²) in [6.45, 7) is 0.620. The monoisotopic (exact) mass is 183 g/mol. The van der Waals surface area contributed by atoms with Crippen molar-refractivity contribution in [2.45, 2.75) is 18.4 Å². The topological polar surface area (TPSA) is 44.5 Å². The van der Waals surface area contributed by atoms with E-state index in [0.29, 0.717) is 6.54 Å². The van der Waals surface area contributed by atoms with Gasteiger partial charge in [0.05, 0.1) is 18.5 Å². The van der Waals surface area contributed by atoms with Gasteiger partial charge in [-0.1, -0.05) is 12.2 Å². The lowest BCUT2D eigenvalue weighted by Gasteiger charge is -2.31. The maximum atomic E-state index is 5.53. The molecule has 0 saturated carbocycles. The van der Waals surface area contributed by atoms with Crippen LogP contribution in [0.1, 0.15) is 12.8 Å². The lowest BCUT2D eigenvalue weighted by molar-refractivity contribution is 0.0150. The van der Waals surface area contributed by atoms with E-state index in [4.69, 9.17) is 15.2 Å². The number of allylic oxidation sites excluding steroid dienone is 2. The highest BCUT2D eigenvalue weighted by atomic mass is 16.5. The summed E-state index contributed by atoms with van der Waals surface area (Å²) in [5.41, 5.74) is 5.28. The van der Waals surface area contributed by atoms with Crippen LogP contribution >= 0.6 is 0 Å². The highest BCUT2D eigenvalue weighted by Crippen LogP contribution is 2.29. The Labute approximate surface area is 79.2 Å². The largest absolute Gasteiger partial charge is 0.501 e. The van der Waals surface area contributed by atoms with Crippen molar-refractivity contribution in [2.75, 3.05) is 20.8 Å². The SMILES string of the molecule is COC1=CC=CC(CCN)(OC)C1. The molecule has 0 amide bonds. The Bertz CT molecular complexity index is 223. The first-order valence-electron chi connectivity index (χ1n) is 4.44. The molecule has 0 aromatic heterocycles. The van der Waals surface area contributed by atoms with Crippen molar-refractivity contribution in [3.05, 3.63) is 24.0 Å². The number of methoxy groups -OCH3 is 2. The van der Waals surface area contributed by atoms with E-state index in [1.807, 2.05) is 18.2 Å². The molecule has 0 saturated heterocycles. The van der Waals surface area contributed by atoms with Crippen LogP contribution in [-0.4, -0.2) is 26.4 Å². The molecule has 0 aromatic carbocycles. The van der Waals surface area contributed by atoms with Crippen LogP contribution < -0.4 is 5.73 Å². The van der Waals surface area contributed by atoms with Crippen molar-refractivity contribution in [3.8, 4) is 0 Å². The number of ether oxygens (including phenoxy) is 2. The Balaban J connectivity index is 2.70. The fourth-order valence-electron chi connectivity index (χ4n) is 1.54. The van der Waals surface area contributed by atoms with Gasteiger partial charge in [0.1, 0.15) is 0 Å². The molecule has 0 bridgehead atoms. The molecule has 0 spiro atoms. The van der Waals surface area contributed by atoms with Crippen LogP contribution in [0.25, 0.3) is 0 Å². The summed E-state index contributed by atoms with van der Waals surface area (Å²) in [4.78, 5) is 0. The molecule has 0 fully saturated rings. The van der Waals surface area contributed by atoms with Crippen LogP contribution in [0.3, 0.4) is 0 Å². The second kappa shape index (κ2) is 4.44. The molecule has 3 heteroatoms. The fourth-order valence-corrected chi connectivity index (χ4v) is 1.54. The normalized spacial score (nSPS) is 27.2. The molecule has 2 N–H and O–H groups in total. The zero-order valence-corrected chi connectivity index (χ0v) is 8.25. The van der Waals surface area contributed by atoms with Crippen molar-refractivity contribution in [1.82, 2.24) is 0 Å². The van der Waals surface area contributed by atoms with Gasteiger partial charge >= 0.3 is 0 Å². The average molecular weight is 183 g/mol. The Morgan fingerprint density at radius 3 is 2.85 bits per heavy atom. The van der Waals surface area contributed by atoms with Gasteiger partial charge in [-0.3, -0.25) is 0 Å². The molecule has 1 rings (SSSR count). The second-order valence-electron chi connectivity index (χ2n) is 3.18. The molecule has 1 aliphatic carbocycles. The van der Waals surface area contributed by atoms with E-state index in [0.717, 1.165) is 18.6 Å². The quantitative estimate of drug-likeness (QED) is 0.712. The van der Waals surface area contributed by atoms with E-state index in [-0.39, 0.29) is 5.60 Å². The Hall–Kier alpha value is -0.800. The lowest BCUT2D eigenvalue weighted by Crippen LogP contribution is -2.33. The minimum atomic E-state index is -0.255. The Morgan fingerprint density at radius 2 is 2.31 bits per heavy atom. The van der Waals surface area contributed by atoms with Gasteiger partial charge in [0.15, 0.2) is 0 Å². The van der Waals surface area contributed by atoms with Crippen LogP contribution in [0.4, 0.5) is 0 Å². The van der Waals surface area contributed by atoms with E-state index < -0.39 is 0 Å². The van der Waals surface area contributed by atoms with Crippen LogP contribution in [0.15, 0.2) is 24.0 Å². The molecule has 0 aromatic rings. The van der Waals surface area contributed by atoms with Gasteiger partial charge in [0, 0.05) is 13.5 Å². The van der Waals surface area contributed by atoms with E-state index in [9.17, 15) is 0 Å². The van der Waals surface area contributed by atoms with Crippen molar-refractivity contribution in [1.29, 1.82) is 0 Å². The highest BCUT2D eigenvalue weighted by molar-refractivity contribution is 5.22. The maximum Gasteiger partial charge on any atom is 0.0987 e. The number of rotatable bonds is 4. The van der Waals surface area contributed by atoms with Crippen LogP contribution in [0, 0.1) is 0 Å². The summed E-state index contributed by atoms with van der Waals surface area (Å²) >= 11 is 0. The first kappa shape index (κ1) is 10.3. The van der Waals surface area contributed by atoms with Gasteiger partial charge in [-0.05, 0) is 19.0 Å². The summed E-state index contributed by atoms with van der Waals surface area (Å²) < 4.78 is 10.6. The summed E-state index contributed by atoms with van der Waals surface area (Å²) in [5, 5.41) is 0. The highest BCUT2D eigenvalue weighted by Gasteiger charge is 2.29. The van der Waals surface area contributed by atoms with Gasteiger partial charge in [-0.2, -0.15) is 0 Å². The smallest absolute Gasteiger partial charge is 0.0987 e. The fraction of sp³-hybridized carbons (Fsp3) is 0.600. The number of nitrogens with two attached hydrogens (primary N) is 1. The Kier molecular flexibility index (Phi) is 3.51. The van der Waals surface area contributed by atoms with Crippen molar-refractivity contribution >= 4 is 0 Å². The van der Waals surface area contributed by atoms with Crippen molar-refractivity contribution < 1.29 is 9.47 Å². The minimum Gasteiger partial charge on any atom is -0.501 e. The third-order valence-corrected chi connectivity index (χ3v) is 2.39. The molecule has 1 aliphatic rings. The van der Waals surface area contributed by atoms with Gasteiger partial charge < -0.3 is 15.2 Å². The summed E-state index contributed by atoms with van der Waals surface area (Å²) in [5.74, 6) is 0.942. The van der Waals surface area contributed by atoms with Gasteiger partial charge in [0.25, 0.3) is 0 Å². The molecule has 1 atom stereocenters. The zero-order chi connectivity index (χ0) is 9.73.